The maximum atomic E-state index is 12.4. The van der Waals surface area contributed by atoms with Gasteiger partial charge < -0.3 is 15.1 Å². The minimum Gasteiger partial charge on any atom is -0.467 e. The minimum absolute atomic E-state index is 0.0311. The standard InChI is InChI=1S/C13H20N2O2S/c1-4-15(8-10-6-5-7-17-10)13(16)11(9(2)3)12(14)18/h5-7,9,11H,4,8H2,1-3H3,(H2,14,18). The summed E-state index contributed by atoms with van der Waals surface area (Å²) in [5.74, 6) is 0.419. The Balaban J connectivity index is 2.80. The third-order valence-electron chi connectivity index (χ3n) is 2.86. The Morgan fingerprint density at radius 1 is 1.56 bits per heavy atom. The van der Waals surface area contributed by atoms with E-state index >= 15 is 0 Å². The lowest BCUT2D eigenvalue weighted by Gasteiger charge is -2.27. The molecule has 0 fully saturated rings. The molecule has 1 unspecified atom stereocenters. The maximum absolute atomic E-state index is 12.4. The highest BCUT2D eigenvalue weighted by atomic mass is 32.1. The lowest BCUT2D eigenvalue weighted by Crippen LogP contribution is -2.43. The number of carbonyl (C=O) groups excluding carboxylic acids is 1. The maximum Gasteiger partial charge on any atom is 0.233 e. The predicted molar refractivity (Wildman–Crippen MR) is 74.9 cm³/mol. The molecular weight excluding hydrogens is 248 g/mol. The first kappa shape index (κ1) is 14.7. The molecule has 1 aromatic rings. The van der Waals surface area contributed by atoms with E-state index in [4.69, 9.17) is 22.4 Å². The number of furan rings is 1. The van der Waals surface area contributed by atoms with Gasteiger partial charge in [-0.3, -0.25) is 4.79 Å². The number of rotatable bonds is 6. The molecular formula is C13H20N2O2S. The van der Waals surface area contributed by atoms with Crippen LogP contribution in [0, 0.1) is 11.8 Å². The van der Waals surface area contributed by atoms with E-state index in [0.717, 1.165) is 5.76 Å². The van der Waals surface area contributed by atoms with Gasteiger partial charge >= 0.3 is 0 Å². The fourth-order valence-corrected chi connectivity index (χ4v) is 2.24. The van der Waals surface area contributed by atoms with Crippen molar-refractivity contribution in [2.75, 3.05) is 6.54 Å². The highest BCUT2D eigenvalue weighted by Crippen LogP contribution is 2.17. The largest absolute Gasteiger partial charge is 0.467 e. The Bertz CT molecular complexity index is 401. The monoisotopic (exact) mass is 268 g/mol. The molecule has 0 saturated carbocycles. The SMILES string of the molecule is CCN(Cc1ccco1)C(=O)C(C(N)=S)C(C)C. The van der Waals surface area contributed by atoms with E-state index in [1.54, 1.807) is 17.2 Å². The smallest absolute Gasteiger partial charge is 0.233 e. The normalized spacial score (nSPS) is 12.4. The van der Waals surface area contributed by atoms with Crippen LogP contribution in [0.15, 0.2) is 22.8 Å². The van der Waals surface area contributed by atoms with Crippen LogP contribution >= 0.6 is 12.2 Å². The molecule has 100 valence electrons. The third kappa shape index (κ3) is 3.57. The number of hydrogen-bond donors (Lipinski definition) is 1. The quantitative estimate of drug-likeness (QED) is 0.803. The van der Waals surface area contributed by atoms with Crippen LogP contribution in [-0.4, -0.2) is 22.3 Å². The summed E-state index contributed by atoms with van der Waals surface area (Å²) in [4.78, 5) is 14.4. The first-order valence-electron chi connectivity index (χ1n) is 6.07. The summed E-state index contributed by atoms with van der Waals surface area (Å²) in [7, 11) is 0. The molecule has 0 aliphatic rings. The number of thiocarbonyl (C=S) groups is 1. The van der Waals surface area contributed by atoms with Crippen LogP contribution < -0.4 is 5.73 Å². The van der Waals surface area contributed by atoms with E-state index in [-0.39, 0.29) is 16.8 Å². The number of carbonyl (C=O) groups is 1. The molecule has 0 radical (unpaired) electrons. The second-order valence-electron chi connectivity index (χ2n) is 4.56. The van der Waals surface area contributed by atoms with Crippen molar-refractivity contribution in [1.82, 2.24) is 4.90 Å². The lowest BCUT2D eigenvalue weighted by molar-refractivity contribution is -0.135. The van der Waals surface area contributed by atoms with Crippen LogP contribution in [-0.2, 0) is 11.3 Å². The summed E-state index contributed by atoms with van der Waals surface area (Å²) in [6.45, 7) is 6.88. The molecule has 0 saturated heterocycles. The van der Waals surface area contributed by atoms with E-state index in [2.05, 4.69) is 0 Å². The zero-order valence-electron chi connectivity index (χ0n) is 11.1. The van der Waals surface area contributed by atoms with E-state index in [1.807, 2.05) is 26.8 Å². The fourth-order valence-electron chi connectivity index (χ4n) is 1.87. The van der Waals surface area contributed by atoms with Crippen LogP contribution in [0.4, 0.5) is 0 Å². The molecule has 1 amide bonds. The Morgan fingerprint density at radius 2 is 2.22 bits per heavy atom. The third-order valence-corrected chi connectivity index (χ3v) is 3.11. The molecule has 18 heavy (non-hydrogen) atoms. The first-order chi connectivity index (χ1) is 8.47. The topological polar surface area (TPSA) is 59.5 Å². The van der Waals surface area contributed by atoms with Crippen molar-refractivity contribution in [3.8, 4) is 0 Å². The van der Waals surface area contributed by atoms with Crippen LogP contribution in [0.3, 0.4) is 0 Å². The predicted octanol–water partition coefficient (Wildman–Crippen LogP) is 2.19. The zero-order valence-corrected chi connectivity index (χ0v) is 11.9. The molecule has 0 aliphatic carbocycles. The number of nitrogens with two attached hydrogens (primary N) is 1. The Morgan fingerprint density at radius 3 is 2.61 bits per heavy atom. The van der Waals surface area contributed by atoms with Crippen molar-refractivity contribution in [2.45, 2.75) is 27.3 Å². The Hall–Kier alpha value is -1.36. The van der Waals surface area contributed by atoms with E-state index < -0.39 is 5.92 Å². The van der Waals surface area contributed by atoms with Gasteiger partial charge in [-0.1, -0.05) is 26.1 Å². The second kappa shape index (κ2) is 6.54. The number of hydrogen-bond acceptors (Lipinski definition) is 3. The molecule has 4 nitrogen and oxygen atoms in total. The van der Waals surface area contributed by atoms with Crippen molar-refractivity contribution >= 4 is 23.1 Å². The fraction of sp³-hybridized carbons (Fsp3) is 0.538. The molecule has 0 bridgehead atoms. The van der Waals surface area contributed by atoms with Gasteiger partial charge in [0.05, 0.1) is 23.7 Å². The number of nitrogens with zero attached hydrogens (tertiary/aromatic N) is 1. The lowest BCUT2D eigenvalue weighted by atomic mass is 9.94. The van der Waals surface area contributed by atoms with Gasteiger partial charge in [-0.05, 0) is 25.0 Å². The van der Waals surface area contributed by atoms with Gasteiger partial charge in [-0.15, -0.1) is 0 Å². The molecule has 1 atom stereocenters. The van der Waals surface area contributed by atoms with Crippen LogP contribution in [0.5, 0.6) is 0 Å². The summed E-state index contributed by atoms with van der Waals surface area (Å²) >= 11 is 4.99. The molecule has 1 rings (SSSR count). The van der Waals surface area contributed by atoms with Crippen molar-refractivity contribution in [2.24, 2.45) is 17.6 Å². The zero-order chi connectivity index (χ0) is 13.7. The average molecular weight is 268 g/mol. The molecule has 0 aromatic carbocycles. The van der Waals surface area contributed by atoms with Gasteiger partial charge in [-0.25, -0.2) is 0 Å². The number of amides is 1. The molecule has 2 N–H and O–H groups in total. The summed E-state index contributed by atoms with van der Waals surface area (Å²) in [6, 6.07) is 3.65. The summed E-state index contributed by atoms with van der Waals surface area (Å²) in [5, 5.41) is 0. The second-order valence-corrected chi connectivity index (χ2v) is 5.03. The van der Waals surface area contributed by atoms with Crippen LogP contribution in [0.25, 0.3) is 0 Å². The summed E-state index contributed by atoms with van der Waals surface area (Å²) in [5.41, 5.74) is 5.66. The molecule has 5 heteroatoms. The summed E-state index contributed by atoms with van der Waals surface area (Å²) in [6.07, 6.45) is 1.60. The van der Waals surface area contributed by atoms with Gasteiger partial charge in [0.2, 0.25) is 5.91 Å². The van der Waals surface area contributed by atoms with Crippen LogP contribution in [0.1, 0.15) is 26.5 Å². The molecule has 0 spiro atoms. The molecule has 1 aromatic heterocycles. The molecule has 1 heterocycles. The van der Waals surface area contributed by atoms with Gasteiger partial charge in [-0.2, -0.15) is 0 Å². The average Bonchev–Trinajstić information content (AvgIpc) is 2.77. The van der Waals surface area contributed by atoms with Crippen molar-refractivity contribution in [3.63, 3.8) is 0 Å². The Kier molecular flexibility index (Phi) is 5.34. The van der Waals surface area contributed by atoms with E-state index in [9.17, 15) is 4.79 Å². The van der Waals surface area contributed by atoms with Gasteiger partial charge in [0.1, 0.15) is 5.76 Å². The Labute approximate surface area is 113 Å². The van der Waals surface area contributed by atoms with Crippen LogP contribution in [0.2, 0.25) is 0 Å². The van der Waals surface area contributed by atoms with E-state index in [1.165, 1.54) is 0 Å². The first-order valence-corrected chi connectivity index (χ1v) is 6.48. The van der Waals surface area contributed by atoms with Gasteiger partial charge in [0.15, 0.2) is 0 Å². The van der Waals surface area contributed by atoms with Gasteiger partial charge in [0, 0.05) is 6.54 Å². The minimum atomic E-state index is -0.407. The highest BCUT2D eigenvalue weighted by molar-refractivity contribution is 7.80. The van der Waals surface area contributed by atoms with Gasteiger partial charge in [0.25, 0.3) is 0 Å². The van der Waals surface area contributed by atoms with Crippen molar-refractivity contribution in [3.05, 3.63) is 24.2 Å². The van der Waals surface area contributed by atoms with Crippen molar-refractivity contribution < 1.29 is 9.21 Å². The van der Waals surface area contributed by atoms with E-state index in [0.29, 0.717) is 13.1 Å². The molecule has 0 aliphatic heterocycles. The highest BCUT2D eigenvalue weighted by Gasteiger charge is 2.29. The summed E-state index contributed by atoms with van der Waals surface area (Å²) < 4.78 is 5.26. The van der Waals surface area contributed by atoms with Crippen molar-refractivity contribution in [1.29, 1.82) is 0 Å².